The highest BCUT2D eigenvalue weighted by Crippen LogP contribution is 2.69. The molecule has 218 valence electrons. The first kappa shape index (κ1) is 27.6. The van der Waals surface area contributed by atoms with Crippen molar-refractivity contribution >= 4 is 34.4 Å². The van der Waals surface area contributed by atoms with Crippen molar-refractivity contribution < 1.29 is 24.2 Å². The molecule has 8 heteroatoms. The van der Waals surface area contributed by atoms with Crippen molar-refractivity contribution in [3.63, 3.8) is 0 Å². The standard InChI is InChI=1S/C33H40N2O5S/c1-5-8-28-39-27-16-22-21-12-11-19-15-20(36)13-14-31(19,2)29(21)25(37)17-32(22,3)33(27,40-28)26(38)18-41-30-34-23-9-6-7-10-24(23)35(30)4/h6-7,9-10,13-15,21-22,25,27-29,37H,5,8,11-12,16-18H2,1-4H3/t21?,22?,25?,27-,28-,29?,31?,32?,33-/m1/s1. The van der Waals surface area contributed by atoms with Gasteiger partial charge in [-0.15, -0.1) is 0 Å². The fourth-order valence-electron chi connectivity index (χ4n) is 9.50. The zero-order valence-electron chi connectivity index (χ0n) is 24.3. The van der Waals surface area contributed by atoms with Crippen LogP contribution < -0.4 is 0 Å². The van der Waals surface area contributed by atoms with E-state index in [2.05, 4.69) is 20.8 Å². The number of allylic oxidation sites excluding steroid dienone is 4. The zero-order chi connectivity index (χ0) is 28.7. The number of para-hydroxylation sites is 2. The van der Waals surface area contributed by atoms with E-state index in [1.54, 1.807) is 12.2 Å². The minimum Gasteiger partial charge on any atom is -0.393 e. The van der Waals surface area contributed by atoms with E-state index in [0.717, 1.165) is 53.9 Å². The molecule has 0 radical (unpaired) electrons. The molecule has 0 bridgehead atoms. The van der Waals surface area contributed by atoms with Gasteiger partial charge in [-0.1, -0.05) is 62.7 Å². The predicted octanol–water partition coefficient (Wildman–Crippen LogP) is 5.40. The molecule has 2 heterocycles. The minimum atomic E-state index is -1.10. The van der Waals surface area contributed by atoms with Crippen molar-refractivity contribution in [1.29, 1.82) is 0 Å². The van der Waals surface area contributed by atoms with Crippen molar-refractivity contribution in [2.24, 2.45) is 35.6 Å². The van der Waals surface area contributed by atoms with Gasteiger partial charge in [0.05, 0.1) is 29.0 Å². The second-order valence-corrected chi connectivity index (χ2v) is 14.2. The number of benzene rings is 1. The first-order chi connectivity index (χ1) is 19.6. The molecule has 1 aromatic heterocycles. The number of fused-ring (bicyclic) bond motifs is 8. The summed E-state index contributed by atoms with van der Waals surface area (Å²) < 4.78 is 15.4. The van der Waals surface area contributed by atoms with Gasteiger partial charge in [-0.3, -0.25) is 9.59 Å². The topological polar surface area (TPSA) is 90.7 Å². The van der Waals surface area contributed by atoms with Crippen LogP contribution in [0.1, 0.15) is 59.3 Å². The zero-order valence-corrected chi connectivity index (χ0v) is 25.2. The number of hydrogen-bond donors (Lipinski definition) is 1. The van der Waals surface area contributed by atoms with Gasteiger partial charge in [0.15, 0.2) is 28.6 Å². The van der Waals surface area contributed by atoms with E-state index in [-0.39, 0.29) is 46.6 Å². The lowest BCUT2D eigenvalue weighted by atomic mass is 9.46. The molecule has 41 heavy (non-hydrogen) atoms. The van der Waals surface area contributed by atoms with Gasteiger partial charge in [-0.2, -0.15) is 0 Å². The number of carbonyl (C=O) groups excluding carboxylic acids is 2. The van der Waals surface area contributed by atoms with Crippen molar-refractivity contribution in [3.8, 4) is 0 Å². The van der Waals surface area contributed by atoms with Crippen LogP contribution in [0.3, 0.4) is 0 Å². The molecule has 5 aliphatic rings. The molecule has 4 fully saturated rings. The van der Waals surface area contributed by atoms with Crippen LogP contribution in [0.15, 0.2) is 53.2 Å². The second-order valence-electron chi connectivity index (χ2n) is 13.3. The maximum Gasteiger partial charge on any atom is 0.178 e. The van der Waals surface area contributed by atoms with Crippen LogP contribution in [0, 0.1) is 28.6 Å². The second kappa shape index (κ2) is 9.63. The third kappa shape index (κ3) is 3.79. The number of aliphatic hydroxyl groups excluding tert-OH is 1. The van der Waals surface area contributed by atoms with Crippen LogP contribution in [0.25, 0.3) is 11.0 Å². The summed E-state index contributed by atoms with van der Waals surface area (Å²) in [6.45, 7) is 6.46. The number of imidazole rings is 1. The number of Topliss-reactive ketones (excluding diaryl/α,β-unsaturated/α-hetero) is 1. The summed E-state index contributed by atoms with van der Waals surface area (Å²) in [6.07, 6.45) is 8.73. The predicted molar refractivity (Wildman–Crippen MR) is 157 cm³/mol. The number of ether oxygens (including phenoxy) is 2. The molecule has 1 aliphatic heterocycles. The van der Waals surface area contributed by atoms with Crippen LogP contribution in [0.5, 0.6) is 0 Å². The fraction of sp³-hybridized carbons (Fsp3) is 0.606. The monoisotopic (exact) mass is 576 g/mol. The van der Waals surface area contributed by atoms with E-state index < -0.39 is 23.4 Å². The molecule has 7 nitrogen and oxygen atoms in total. The lowest BCUT2D eigenvalue weighted by Gasteiger charge is -2.59. The average molecular weight is 577 g/mol. The Hall–Kier alpha value is -2.26. The quantitative estimate of drug-likeness (QED) is 0.460. The van der Waals surface area contributed by atoms with Gasteiger partial charge < -0.3 is 19.1 Å². The molecule has 9 atom stereocenters. The Morgan fingerprint density at radius 2 is 2.07 bits per heavy atom. The number of ketones is 2. The number of aromatic nitrogens is 2. The Kier molecular flexibility index (Phi) is 6.47. The highest BCUT2D eigenvalue weighted by Gasteiger charge is 2.75. The summed E-state index contributed by atoms with van der Waals surface area (Å²) in [4.78, 5) is 31.5. The third-order valence-corrected chi connectivity index (χ3v) is 12.3. The first-order valence-corrected chi connectivity index (χ1v) is 16.1. The third-order valence-electron chi connectivity index (χ3n) is 11.3. The summed E-state index contributed by atoms with van der Waals surface area (Å²) >= 11 is 1.46. The van der Waals surface area contributed by atoms with Gasteiger partial charge in [0.1, 0.15) is 0 Å². The van der Waals surface area contributed by atoms with Crippen LogP contribution in [0.4, 0.5) is 0 Å². The van der Waals surface area contributed by atoms with E-state index in [9.17, 15) is 14.7 Å². The Morgan fingerprint density at radius 3 is 2.85 bits per heavy atom. The number of carbonyl (C=O) groups is 2. The van der Waals surface area contributed by atoms with Crippen molar-refractivity contribution in [1.82, 2.24) is 9.55 Å². The molecule has 2 aromatic rings. The fourth-order valence-corrected chi connectivity index (χ4v) is 10.4. The van der Waals surface area contributed by atoms with Crippen LogP contribution in [-0.4, -0.2) is 56.1 Å². The molecule has 3 saturated carbocycles. The Morgan fingerprint density at radius 1 is 1.27 bits per heavy atom. The number of hydrogen-bond acceptors (Lipinski definition) is 7. The number of aryl methyl sites for hydroxylation is 1. The smallest absolute Gasteiger partial charge is 0.178 e. The van der Waals surface area contributed by atoms with E-state index in [1.807, 2.05) is 42.0 Å². The highest BCUT2D eigenvalue weighted by atomic mass is 32.2. The molecular weight excluding hydrogens is 536 g/mol. The maximum atomic E-state index is 14.6. The highest BCUT2D eigenvalue weighted by molar-refractivity contribution is 7.99. The first-order valence-electron chi connectivity index (χ1n) is 15.2. The SMILES string of the molecule is CCC[C@@H]1O[C@@H]2CC3C4CCC5=CC(=O)C=CC5(C)C4C(O)CC3(C)[C@]2(C(=O)CSc2nc3ccccc3n2C)O1. The molecule has 6 unspecified atom stereocenters. The van der Waals surface area contributed by atoms with Gasteiger partial charge >= 0.3 is 0 Å². The minimum absolute atomic E-state index is 0.00304. The van der Waals surface area contributed by atoms with E-state index in [4.69, 9.17) is 14.5 Å². The summed E-state index contributed by atoms with van der Waals surface area (Å²) in [5, 5.41) is 12.7. The molecule has 4 aliphatic carbocycles. The molecular formula is C33H40N2O5S. The van der Waals surface area contributed by atoms with E-state index in [0.29, 0.717) is 6.42 Å². The van der Waals surface area contributed by atoms with Crippen molar-refractivity contribution in [2.75, 3.05) is 5.75 Å². The number of aliphatic hydroxyl groups is 1. The number of rotatable bonds is 6. The van der Waals surface area contributed by atoms with Crippen molar-refractivity contribution in [2.45, 2.75) is 88.6 Å². The maximum absolute atomic E-state index is 14.6. The van der Waals surface area contributed by atoms with Crippen molar-refractivity contribution in [3.05, 3.63) is 48.1 Å². The molecule has 1 aromatic carbocycles. The van der Waals surface area contributed by atoms with Crippen LogP contribution >= 0.6 is 11.8 Å². The van der Waals surface area contributed by atoms with Crippen LogP contribution in [0.2, 0.25) is 0 Å². The largest absolute Gasteiger partial charge is 0.393 e. The summed E-state index contributed by atoms with van der Waals surface area (Å²) in [5.74, 6) is 0.697. The lowest BCUT2D eigenvalue weighted by Crippen LogP contribution is -2.63. The van der Waals surface area contributed by atoms with Gasteiger partial charge in [0, 0.05) is 23.8 Å². The summed E-state index contributed by atoms with van der Waals surface area (Å²) in [5.41, 5.74) is 1.07. The van der Waals surface area contributed by atoms with Gasteiger partial charge in [-0.05, 0) is 68.2 Å². The molecule has 1 saturated heterocycles. The number of thioether (sulfide) groups is 1. The van der Waals surface area contributed by atoms with E-state index in [1.165, 1.54) is 11.8 Å². The molecule has 0 spiro atoms. The Balaban J connectivity index is 1.23. The summed E-state index contributed by atoms with van der Waals surface area (Å²) in [7, 11) is 1.99. The summed E-state index contributed by atoms with van der Waals surface area (Å²) in [6, 6.07) is 8.00. The van der Waals surface area contributed by atoms with Gasteiger partial charge in [0.2, 0.25) is 0 Å². The van der Waals surface area contributed by atoms with E-state index >= 15 is 0 Å². The molecule has 1 N–H and O–H groups in total. The van der Waals surface area contributed by atoms with Crippen LogP contribution in [-0.2, 0) is 26.1 Å². The van der Waals surface area contributed by atoms with Gasteiger partial charge in [0.25, 0.3) is 0 Å². The molecule has 7 rings (SSSR count). The van der Waals surface area contributed by atoms with Gasteiger partial charge in [-0.25, -0.2) is 4.98 Å². The Labute approximate surface area is 245 Å². The molecule has 0 amide bonds. The average Bonchev–Trinajstić information content (AvgIpc) is 3.55. The lowest BCUT2D eigenvalue weighted by molar-refractivity contribution is -0.197. The number of nitrogens with zero attached hydrogens (tertiary/aromatic N) is 2. The normalized spacial score (nSPS) is 41.1. The Bertz CT molecular complexity index is 1480.